The molecule has 0 unspecified atom stereocenters. The molecule has 2 N–H and O–H groups in total. The van der Waals surface area contributed by atoms with Crippen molar-refractivity contribution in [2.45, 2.75) is 31.1 Å². The molecule has 0 saturated carbocycles. The summed E-state index contributed by atoms with van der Waals surface area (Å²) in [6.07, 6.45) is 2.44. The summed E-state index contributed by atoms with van der Waals surface area (Å²) in [5.74, 6) is 0.843. The van der Waals surface area contributed by atoms with E-state index in [1.165, 1.54) is 30.2 Å². The molecule has 3 aromatic rings. The van der Waals surface area contributed by atoms with E-state index in [0.29, 0.717) is 17.8 Å². The number of carbonyl (C=O) groups excluding carboxylic acids is 2. The molecule has 0 atom stereocenters. The molecular formula is C24H28N6O2S. The molecule has 1 fully saturated rings. The summed E-state index contributed by atoms with van der Waals surface area (Å²) in [5, 5.41) is 15.0. The Morgan fingerprint density at radius 1 is 0.970 bits per heavy atom. The minimum Gasteiger partial charge on any atom is -0.355 e. The van der Waals surface area contributed by atoms with Crippen LogP contribution in [0.3, 0.4) is 0 Å². The maximum atomic E-state index is 12.5. The van der Waals surface area contributed by atoms with E-state index in [9.17, 15) is 9.59 Å². The van der Waals surface area contributed by atoms with Gasteiger partial charge in [0.05, 0.1) is 18.8 Å². The molecule has 1 saturated heterocycles. The molecule has 9 heteroatoms. The van der Waals surface area contributed by atoms with Crippen LogP contribution in [0.2, 0.25) is 0 Å². The average Bonchev–Trinajstić information content (AvgIpc) is 3.49. The normalized spacial score (nSPS) is 13.7. The van der Waals surface area contributed by atoms with Crippen LogP contribution in [0.15, 0.2) is 59.8 Å². The number of amides is 2. The second kappa shape index (κ2) is 11.1. The third-order valence-electron chi connectivity index (χ3n) is 5.53. The van der Waals surface area contributed by atoms with Gasteiger partial charge in [-0.3, -0.25) is 14.5 Å². The Balaban J connectivity index is 1.41. The van der Waals surface area contributed by atoms with Gasteiger partial charge in [0.25, 0.3) is 5.91 Å². The van der Waals surface area contributed by atoms with Gasteiger partial charge in [0.15, 0.2) is 5.16 Å². The van der Waals surface area contributed by atoms with Gasteiger partial charge in [-0.2, -0.15) is 0 Å². The Kier molecular flexibility index (Phi) is 7.74. The molecule has 0 aliphatic carbocycles. The van der Waals surface area contributed by atoms with Crippen LogP contribution < -0.4 is 10.6 Å². The fourth-order valence-corrected chi connectivity index (χ4v) is 4.54. The van der Waals surface area contributed by atoms with E-state index >= 15 is 0 Å². The molecule has 0 radical (unpaired) electrons. The zero-order valence-corrected chi connectivity index (χ0v) is 19.5. The van der Waals surface area contributed by atoms with Crippen LogP contribution in [0.25, 0.3) is 0 Å². The summed E-state index contributed by atoms with van der Waals surface area (Å²) in [5.41, 5.74) is 2.36. The lowest BCUT2D eigenvalue weighted by atomic mass is 10.2. The van der Waals surface area contributed by atoms with Gasteiger partial charge in [0.1, 0.15) is 5.82 Å². The number of aromatic nitrogens is 3. The van der Waals surface area contributed by atoms with E-state index < -0.39 is 0 Å². The maximum absolute atomic E-state index is 12.5. The number of carbonyl (C=O) groups is 2. The predicted octanol–water partition coefficient (Wildman–Crippen LogP) is 3.01. The Morgan fingerprint density at radius 2 is 1.70 bits per heavy atom. The van der Waals surface area contributed by atoms with Crippen molar-refractivity contribution >= 4 is 29.3 Å². The largest absolute Gasteiger partial charge is 0.355 e. The van der Waals surface area contributed by atoms with Crippen molar-refractivity contribution in [2.75, 3.05) is 31.2 Å². The minimum atomic E-state index is -0.161. The lowest BCUT2D eigenvalue weighted by Gasteiger charge is -2.16. The monoisotopic (exact) mass is 464 g/mol. The maximum Gasteiger partial charge on any atom is 0.251 e. The third-order valence-corrected chi connectivity index (χ3v) is 6.50. The van der Waals surface area contributed by atoms with Crippen LogP contribution in [-0.4, -0.2) is 57.4 Å². The SMILES string of the molecule is CNC(=O)c1ccc(NC(=O)CSc2nnc(CN3CCCC3)n2Cc2ccccc2)cc1. The van der Waals surface area contributed by atoms with Gasteiger partial charge in [0.2, 0.25) is 5.91 Å². The number of hydrogen-bond acceptors (Lipinski definition) is 6. The first-order valence-corrected chi connectivity index (χ1v) is 12.0. The number of thioether (sulfide) groups is 1. The van der Waals surface area contributed by atoms with Crippen molar-refractivity contribution in [3.8, 4) is 0 Å². The quantitative estimate of drug-likeness (QED) is 0.473. The summed E-state index contributed by atoms with van der Waals surface area (Å²) in [4.78, 5) is 26.6. The zero-order valence-electron chi connectivity index (χ0n) is 18.7. The van der Waals surface area contributed by atoms with Gasteiger partial charge in [-0.05, 0) is 55.8 Å². The van der Waals surface area contributed by atoms with E-state index in [2.05, 4.69) is 42.4 Å². The third kappa shape index (κ3) is 6.21. The fraction of sp³-hybridized carbons (Fsp3) is 0.333. The highest BCUT2D eigenvalue weighted by Gasteiger charge is 2.19. The standard InChI is InChI=1S/C24H28N6O2S/c1-25-23(32)19-9-11-20(12-10-19)26-22(31)17-33-24-28-27-21(16-29-13-5-6-14-29)30(24)15-18-7-3-2-4-8-18/h2-4,7-12H,5-6,13-17H2,1H3,(H,25,32)(H,26,31). The predicted molar refractivity (Wildman–Crippen MR) is 129 cm³/mol. The number of anilines is 1. The number of hydrogen-bond donors (Lipinski definition) is 2. The van der Waals surface area contributed by atoms with Gasteiger partial charge in [-0.1, -0.05) is 42.1 Å². The molecule has 2 amide bonds. The molecule has 0 spiro atoms. The Bertz CT molecular complexity index is 1080. The van der Waals surface area contributed by atoms with E-state index in [1.807, 2.05) is 18.2 Å². The summed E-state index contributed by atoms with van der Waals surface area (Å²) < 4.78 is 2.11. The van der Waals surface area contributed by atoms with Crippen molar-refractivity contribution < 1.29 is 9.59 Å². The van der Waals surface area contributed by atoms with Crippen LogP contribution in [0.1, 0.15) is 34.6 Å². The topological polar surface area (TPSA) is 92.2 Å². The van der Waals surface area contributed by atoms with Gasteiger partial charge < -0.3 is 15.2 Å². The number of rotatable bonds is 9. The first kappa shape index (κ1) is 23.0. The lowest BCUT2D eigenvalue weighted by Crippen LogP contribution is -2.22. The smallest absolute Gasteiger partial charge is 0.251 e. The second-order valence-corrected chi connectivity index (χ2v) is 8.89. The molecule has 8 nitrogen and oxygen atoms in total. The number of nitrogens with zero attached hydrogens (tertiary/aromatic N) is 4. The summed E-state index contributed by atoms with van der Waals surface area (Å²) in [6, 6.07) is 17.0. The van der Waals surface area contributed by atoms with Crippen LogP contribution in [0.4, 0.5) is 5.69 Å². The van der Waals surface area contributed by atoms with E-state index in [0.717, 1.165) is 30.6 Å². The van der Waals surface area contributed by atoms with Crippen LogP contribution in [0, 0.1) is 0 Å². The first-order valence-electron chi connectivity index (χ1n) is 11.1. The van der Waals surface area contributed by atoms with Gasteiger partial charge in [-0.25, -0.2) is 0 Å². The molecule has 1 aliphatic rings. The first-order chi connectivity index (χ1) is 16.1. The second-order valence-electron chi connectivity index (χ2n) is 7.95. The van der Waals surface area contributed by atoms with E-state index in [4.69, 9.17) is 0 Å². The van der Waals surface area contributed by atoms with Gasteiger partial charge in [-0.15, -0.1) is 10.2 Å². The van der Waals surface area contributed by atoms with E-state index in [1.54, 1.807) is 31.3 Å². The van der Waals surface area contributed by atoms with Crippen LogP contribution in [0.5, 0.6) is 0 Å². The summed E-state index contributed by atoms with van der Waals surface area (Å²) >= 11 is 1.38. The Hall–Kier alpha value is -3.17. The van der Waals surface area contributed by atoms with Gasteiger partial charge in [0, 0.05) is 18.3 Å². The van der Waals surface area contributed by atoms with Crippen LogP contribution in [-0.2, 0) is 17.9 Å². The van der Waals surface area contributed by atoms with E-state index in [-0.39, 0.29) is 17.6 Å². The molecular weight excluding hydrogens is 436 g/mol. The van der Waals surface area contributed by atoms with Crippen molar-refractivity contribution in [3.05, 3.63) is 71.5 Å². The molecule has 0 bridgehead atoms. The average molecular weight is 465 g/mol. The molecule has 2 aromatic carbocycles. The number of benzene rings is 2. The Morgan fingerprint density at radius 3 is 2.39 bits per heavy atom. The number of likely N-dealkylation sites (tertiary alicyclic amines) is 1. The zero-order chi connectivity index (χ0) is 23.0. The lowest BCUT2D eigenvalue weighted by molar-refractivity contribution is -0.113. The molecule has 2 heterocycles. The highest BCUT2D eigenvalue weighted by atomic mass is 32.2. The molecule has 1 aliphatic heterocycles. The molecule has 172 valence electrons. The molecule has 1 aromatic heterocycles. The van der Waals surface area contributed by atoms with Crippen LogP contribution >= 0.6 is 11.8 Å². The van der Waals surface area contributed by atoms with Crippen molar-refractivity contribution in [3.63, 3.8) is 0 Å². The fourth-order valence-electron chi connectivity index (χ4n) is 3.78. The highest BCUT2D eigenvalue weighted by molar-refractivity contribution is 7.99. The van der Waals surface area contributed by atoms with Gasteiger partial charge >= 0.3 is 0 Å². The Labute approximate surface area is 197 Å². The van der Waals surface area contributed by atoms with Crippen molar-refractivity contribution in [1.29, 1.82) is 0 Å². The summed E-state index contributed by atoms with van der Waals surface area (Å²) in [6.45, 7) is 3.61. The molecule has 33 heavy (non-hydrogen) atoms. The molecule has 4 rings (SSSR count). The minimum absolute atomic E-state index is 0.136. The number of nitrogens with one attached hydrogen (secondary N) is 2. The van der Waals surface area contributed by atoms with Crippen molar-refractivity contribution in [1.82, 2.24) is 25.0 Å². The highest BCUT2D eigenvalue weighted by Crippen LogP contribution is 2.21. The summed E-state index contributed by atoms with van der Waals surface area (Å²) in [7, 11) is 1.59. The van der Waals surface area contributed by atoms with Crippen molar-refractivity contribution in [2.24, 2.45) is 0 Å².